The smallest absolute Gasteiger partial charge is 0.0349 e. The lowest BCUT2D eigenvalue weighted by Crippen LogP contribution is -2.01. The molecule has 0 bridgehead atoms. The molecule has 2 heteroatoms. The Kier molecular flexibility index (Phi) is 7.90. The maximum atomic E-state index is 5.99. The molecule has 4 N–H and O–H groups in total. The molecule has 0 aromatic heterocycles. The van der Waals surface area contributed by atoms with E-state index in [0.29, 0.717) is 6.54 Å². The first-order valence-corrected chi connectivity index (χ1v) is 5.52. The van der Waals surface area contributed by atoms with E-state index in [1.807, 2.05) is 37.3 Å². The minimum Gasteiger partial charge on any atom is -0.398 e. The molecule has 0 aliphatic rings. The molecule has 0 unspecified atom stereocenters. The largest absolute Gasteiger partial charge is 0.398 e. The highest BCUT2D eigenvalue weighted by molar-refractivity contribution is 5.46. The molecule has 0 aromatic rings. The van der Waals surface area contributed by atoms with E-state index in [1.54, 1.807) is 6.08 Å². The van der Waals surface area contributed by atoms with Crippen LogP contribution in [0.5, 0.6) is 0 Å². The molecule has 88 valence electrons. The fourth-order valence-electron chi connectivity index (χ4n) is 1.43. The zero-order valence-electron chi connectivity index (χ0n) is 10.2. The number of rotatable bonds is 6. The molecule has 2 nitrogen and oxygen atoms in total. The summed E-state index contributed by atoms with van der Waals surface area (Å²) in [6, 6.07) is 0. The first kappa shape index (κ1) is 14.5. The fraction of sp³-hybridized carbons (Fsp3) is 0.286. The van der Waals surface area contributed by atoms with Crippen LogP contribution in [0.2, 0.25) is 0 Å². The van der Waals surface area contributed by atoms with Gasteiger partial charge in [-0.3, -0.25) is 0 Å². The van der Waals surface area contributed by atoms with Crippen molar-refractivity contribution in [1.29, 1.82) is 0 Å². The van der Waals surface area contributed by atoms with Crippen molar-refractivity contribution in [2.45, 2.75) is 20.3 Å². The summed E-state index contributed by atoms with van der Waals surface area (Å²) in [5.74, 6) is 0. The van der Waals surface area contributed by atoms with Gasteiger partial charge in [0.1, 0.15) is 0 Å². The summed E-state index contributed by atoms with van der Waals surface area (Å²) in [6.45, 7) is 8.26. The lowest BCUT2D eigenvalue weighted by molar-refractivity contribution is 1.08. The molecule has 0 amide bonds. The van der Waals surface area contributed by atoms with Gasteiger partial charge in [0.2, 0.25) is 0 Å². The van der Waals surface area contributed by atoms with Gasteiger partial charge in [0, 0.05) is 12.2 Å². The van der Waals surface area contributed by atoms with E-state index in [0.717, 1.165) is 23.3 Å². The van der Waals surface area contributed by atoms with Gasteiger partial charge >= 0.3 is 0 Å². The van der Waals surface area contributed by atoms with Crippen molar-refractivity contribution < 1.29 is 0 Å². The average Bonchev–Trinajstić information content (AvgIpc) is 2.27. The van der Waals surface area contributed by atoms with E-state index < -0.39 is 0 Å². The summed E-state index contributed by atoms with van der Waals surface area (Å²) < 4.78 is 0. The normalized spacial score (nSPS) is 14.6. The Hall–Kier alpha value is -1.54. The van der Waals surface area contributed by atoms with Gasteiger partial charge in [-0.25, -0.2) is 0 Å². The van der Waals surface area contributed by atoms with Crippen molar-refractivity contribution in [3.63, 3.8) is 0 Å². The molecule has 0 saturated carbocycles. The highest BCUT2D eigenvalue weighted by Gasteiger charge is 2.02. The molecule has 0 heterocycles. The number of hydrogen-bond donors (Lipinski definition) is 2. The highest BCUT2D eigenvalue weighted by Crippen LogP contribution is 2.18. The fourth-order valence-corrected chi connectivity index (χ4v) is 1.43. The van der Waals surface area contributed by atoms with Gasteiger partial charge in [0.25, 0.3) is 0 Å². The summed E-state index contributed by atoms with van der Waals surface area (Å²) in [5, 5.41) is 0. The predicted octanol–water partition coefficient (Wildman–Crippen LogP) is 2.81. The van der Waals surface area contributed by atoms with Gasteiger partial charge < -0.3 is 11.5 Å². The van der Waals surface area contributed by atoms with Gasteiger partial charge in [0.15, 0.2) is 0 Å². The monoisotopic (exact) mass is 218 g/mol. The molecule has 0 aliphatic heterocycles. The second-order valence-electron chi connectivity index (χ2n) is 3.28. The summed E-state index contributed by atoms with van der Waals surface area (Å²) >= 11 is 0. The molecule has 16 heavy (non-hydrogen) atoms. The van der Waals surface area contributed by atoms with Crippen LogP contribution in [0.1, 0.15) is 20.3 Å². The Bertz CT molecular complexity index is 331. The van der Waals surface area contributed by atoms with Crippen molar-refractivity contribution >= 4 is 0 Å². The molecule has 0 radical (unpaired) electrons. The van der Waals surface area contributed by atoms with Crippen LogP contribution in [0, 0.1) is 0 Å². The number of hydrogen-bond acceptors (Lipinski definition) is 2. The standard InChI is InChI=1S/C14H22N2/c1-4-8-12(10-7-11-15)13(6-3)14(16)9-5-2/h4-5,7-10H,1,6,11,15-16H2,2-3H3/b9-5-,10-7-,12-8+,14-13-. The predicted molar refractivity (Wildman–Crippen MR) is 72.8 cm³/mol. The first-order chi connectivity index (χ1) is 7.71. The quantitative estimate of drug-likeness (QED) is 0.673. The van der Waals surface area contributed by atoms with Crippen LogP contribution in [-0.2, 0) is 0 Å². The van der Waals surface area contributed by atoms with E-state index in [1.165, 1.54) is 0 Å². The minimum atomic E-state index is 0.523. The lowest BCUT2D eigenvalue weighted by Gasteiger charge is -2.08. The Morgan fingerprint density at radius 3 is 2.44 bits per heavy atom. The molecule has 0 rings (SSSR count). The highest BCUT2D eigenvalue weighted by atomic mass is 14.6. The molecule has 0 atom stereocenters. The van der Waals surface area contributed by atoms with E-state index in [2.05, 4.69) is 13.5 Å². The Morgan fingerprint density at radius 1 is 1.31 bits per heavy atom. The summed E-state index contributed by atoms with van der Waals surface area (Å²) in [7, 11) is 0. The molecule has 0 spiro atoms. The number of nitrogens with two attached hydrogens (primary N) is 2. The molecule has 0 aromatic carbocycles. The van der Waals surface area contributed by atoms with E-state index >= 15 is 0 Å². The van der Waals surface area contributed by atoms with Crippen molar-refractivity contribution in [1.82, 2.24) is 0 Å². The van der Waals surface area contributed by atoms with Crippen LogP contribution in [0.25, 0.3) is 0 Å². The zero-order valence-corrected chi connectivity index (χ0v) is 10.2. The van der Waals surface area contributed by atoms with Crippen LogP contribution in [-0.4, -0.2) is 6.54 Å². The van der Waals surface area contributed by atoms with Crippen LogP contribution in [0.4, 0.5) is 0 Å². The van der Waals surface area contributed by atoms with Crippen molar-refractivity contribution in [2.75, 3.05) is 6.54 Å². The first-order valence-electron chi connectivity index (χ1n) is 5.52. The summed E-state index contributed by atoms with van der Waals surface area (Å²) in [5.41, 5.74) is 14.4. The maximum absolute atomic E-state index is 5.99. The van der Waals surface area contributed by atoms with Crippen molar-refractivity contribution in [3.05, 3.63) is 59.9 Å². The maximum Gasteiger partial charge on any atom is 0.0349 e. The SMILES string of the molecule is C=C/C=C(\C=C/CN)C(/CC)=C(N)/C=C\C. The van der Waals surface area contributed by atoms with Gasteiger partial charge in [0.05, 0.1) is 0 Å². The van der Waals surface area contributed by atoms with Crippen LogP contribution in [0.15, 0.2) is 59.9 Å². The third-order valence-corrected chi connectivity index (χ3v) is 2.13. The molecule has 0 aliphatic carbocycles. The van der Waals surface area contributed by atoms with Crippen LogP contribution < -0.4 is 11.5 Å². The second kappa shape index (κ2) is 8.74. The summed E-state index contributed by atoms with van der Waals surface area (Å²) in [6.07, 6.45) is 12.3. The zero-order chi connectivity index (χ0) is 12.4. The third-order valence-electron chi connectivity index (χ3n) is 2.13. The van der Waals surface area contributed by atoms with E-state index in [-0.39, 0.29) is 0 Å². The van der Waals surface area contributed by atoms with Crippen LogP contribution in [0.3, 0.4) is 0 Å². The van der Waals surface area contributed by atoms with Gasteiger partial charge in [-0.1, -0.05) is 43.9 Å². The average molecular weight is 218 g/mol. The van der Waals surface area contributed by atoms with E-state index in [4.69, 9.17) is 11.5 Å². The molecular weight excluding hydrogens is 196 g/mol. The van der Waals surface area contributed by atoms with Gasteiger partial charge in [-0.05, 0) is 30.6 Å². The Balaban J connectivity index is 5.31. The summed E-state index contributed by atoms with van der Waals surface area (Å²) in [4.78, 5) is 0. The van der Waals surface area contributed by atoms with Crippen molar-refractivity contribution in [3.8, 4) is 0 Å². The minimum absolute atomic E-state index is 0.523. The third kappa shape index (κ3) is 4.80. The van der Waals surface area contributed by atoms with Gasteiger partial charge in [-0.15, -0.1) is 0 Å². The number of allylic oxidation sites excluding steroid dienone is 7. The Labute approximate surface area is 98.7 Å². The van der Waals surface area contributed by atoms with E-state index in [9.17, 15) is 0 Å². The van der Waals surface area contributed by atoms with Gasteiger partial charge in [-0.2, -0.15) is 0 Å². The Morgan fingerprint density at radius 2 is 2.00 bits per heavy atom. The molecule has 0 saturated heterocycles. The lowest BCUT2D eigenvalue weighted by atomic mass is 10.00. The molecular formula is C14H22N2. The topological polar surface area (TPSA) is 52.0 Å². The van der Waals surface area contributed by atoms with Crippen LogP contribution >= 0.6 is 0 Å². The molecule has 0 fully saturated rings. The second-order valence-corrected chi connectivity index (χ2v) is 3.28. The van der Waals surface area contributed by atoms with Crippen molar-refractivity contribution in [2.24, 2.45) is 11.5 Å².